The van der Waals surface area contributed by atoms with Crippen LogP contribution in [0.25, 0.3) is 11.3 Å². The molecule has 1 unspecified atom stereocenters. The predicted octanol–water partition coefficient (Wildman–Crippen LogP) is 5.18. The second-order valence-electron chi connectivity index (χ2n) is 15.1. The van der Waals surface area contributed by atoms with Crippen LogP contribution in [0.1, 0.15) is 68.8 Å². The summed E-state index contributed by atoms with van der Waals surface area (Å²) in [6.07, 6.45) is 2.34. The molecule has 4 aliphatic heterocycles. The maximum atomic E-state index is 13.3. The van der Waals surface area contributed by atoms with Crippen LogP contribution < -0.4 is 15.1 Å². The number of rotatable bonds is 8. The van der Waals surface area contributed by atoms with Gasteiger partial charge in [-0.25, -0.2) is 0 Å². The van der Waals surface area contributed by atoms with E-state index in [1.54, 1.807) is 18.2 Å². The Labute approximate surface area is 325 Å². The molecule has 13 heteroatoms. The molecule has 1 N–H and O–H groups in total. The van der Waals surface area contributed by atoms with Crippen LogP contribution in [0.3, 0.4) is 0 Å². The van der Waals surface area contributed by atoms with Gasteiger partial charge in [-0.3, -0.25) is 39.0 Å². The van der Waals surface area contributed by atoms with Crippen LogP contribution in [0.4, 0.5) is 11.4 Å². The number of fused-ring (bicyclic) bond motifs is 1. The maximum Gasteiger partial charge on any atom is 0.262 e. The van der Waals surface area contributed by atoms with Crippen LogP contribution >= 0.6 is 11.6 Å². The van der Waals surface area contributed by atoms with Gasteiger partial charge in [0, 0.05) is 74.9 Å². The number of carbonyl (C=O) groups excluding carboxylic acids is 4. The third kappa shape index (κ3) is 7.10. The molecule has 8 rings (SSSR count). The number of imide groups is 2. The average molecular weight is 759 g/mol. The minimum absolute atomic E-state index is 0.101. The van der Waals surface area contributed by atoms with E-state index in [0.29, 0.717) is 34.2 Å². The molecule has 0 saturated carbocycles. The number of hydrogen-bond donors (Lipinski definition) is 1. The van der Waals surface area contributed by atoms with E-state index in [2.05, 4.69) is 64.2 Å². The first-order valence-electron chi connectivity index (χ1n) is 19.0. The van der Waals surface area contributed by atoms with E-state index in [4.69, 9.17) is 16.7 Å². The van der Waals surface area contributed by atoms with Gasteiger partial charge in [0.1, 0.15) is 12.1 Å². The average Bonchev–Trinajstić information content (AvgIpc) is 3.61. The van der Waals surface area contributed by atoms with Crippen LogP contribution in [0.2, 0.25) is 5.02 Å². The fraction of sp³-hybridized carbons (Fsp3) is 0.381. The molecule has 5 heterocycles. The highest BCUT2D eigenvalue weighted by Gasteiger charge is 2.45. The van der Waals surface area contributed by atoms with Crippen LogP contribution in [0, 0.1) is 31.1 Å². The minimum atomic E-state index is -0.961. The second kappa shape index (κ2) is 15.0. The zero-order valence-corrected chi connectivity index (χ0v) is 31.8. The largest absolute Gasteiger partial charge is 0.371 e. The molecule has 1 aromatic heterocycles. The van der Waals surface area contributed by atoms with Crippen LogP contribution in [-0.2, 0) is 16.1 Å². The number of nitrogens with one attached hydrogen (secondary N) is 1. The number of piperazine rings is 1. The zero-order chi connectivity index (χ0) is 38.4. The normalized spacial score (nSPS) is 19.5. The smallest absolute Gasteiger partial charge is 0.262 e. The molecule has 3 saturated heterocycles. The zero-order valence-electron chi connectivity index (χ0n) is 31.1. The summed E-state index contributed by atoms with van der Waals surface area (Å²) in [4.78, 5) is 58.8. The molecular formula is C42H43ClN8O4. The maximum absolute atomic E-state index is 13.3. The molecular weight excluding hydrogens is 716 g/mol. The third-order valence-corrected chi connectivity index (χ3v) is 12.1. The highest BCUT2D eigenvalue weighted by atomic mass is 35.5. The topological polar surface area (TPSA) is 135 Å². The first-order chi connectivity index (χ1) is 26.6. The van der Waals surface area contributed by atoms with Gasteiger partial charge in [0.2, 0.25) is 11.8 Å². The van der Waals surface area contributed by atoms with Gasteiger partial charge in [-0.2, -0.15) is 10.4 Å². The van der Waals surface area contributed by atoms with Crippen LogP contribution in [0.15, 0.2) is 60.7 Å². The number of piperidine rings is 2. The monoisotopic (exact) mass is 758 g/mol. The summed E-state index contributed by atoms with van der Waals surface area (Å²) >= 11 is 6.31. The number of carbonyl (C=O) groups is 4. The summed E-state index contributed by atoms with van der Waals surface area (Å²) in [6.45, 7) is 11.6. The van der Waals surface area contributed by atoms with Crippen molar-refractivity contribution in [1.29, 1.82) is 5.26 Å². The van der Waals surface area contributed by atoms with Gasteiger partial charge in [0.15, 0.2) is 0 Å². The molecule has 1 atom stereocenters. The molecule has 0 spiro atoms. The Hall–Kier alpha value is -5.51. The van der Waals surface area contributed by atoms with Crippen molar-refractivity contribution in [1.82, 2.24) is 24.9 Å². The fourth-order valence-electron chi connectivity index (χ4n) is 8.39. The standard InChI is InChI=1S/C42H43ClN8O4/c1-26-27(2)50(46-39(26)30-5-6-31(23-44)36(43)21-30)25-28-3-7-32(8-4-28)49-19-17-47(18-20-49)24-29-13-15-48(16-14-29)33-9-10-34-35(22-33)42(55)51(41(34)54)37-11-12-38(52)45-40(37)53/h3-10,21-22,29,37H,11-20,24-25H2,1-2H3,(H,45,52,53). The van der Waals surface area contributed by atoms with Gasteiger partial charge >= 0.3 is 0 Å². The number of aromatic nitrogens is 2. The Bertz CT molecular complexity index is 2230. The Morgan fingerprint density at radius 2 is 1.51 bits per heavy atom. The van der Waals surface area contributed by atoms with E-state index in [9.17, 15) is 24.4 Å². The van der Waals surface area contributed by atoms with Gasteiger partial charge in [-0.15, -0.1) is 0 Å². The summed E-state index contributed by atoms with van der Waals surface area (Å²) < 4.78 is 2.03. The number of hydrogen-bond acceptors (Lipinski definition) is 9. The van der Waals surface area contributed by atoms with Crippen molar-refractivity contribution in [2.45, 2.75) is 52.1 Å². The number of amides is 4. The quantitative estimate of drug-likeness (QED) is 0.241. The van der Waals surface area contributed by atoms with Crippen molar-refractivity contribution < 1.29 is 19.2 Å². The number of nitriles is 1. The van der Waals surface area contributed by atoms with Crippen molar-refractivity contribution in [3.05, 3.63) is 99.2 Å². The first-order valence-corrected chi connectivity index (χ1v) is 19.4. The number of anilines is 2. The van der Waals surface area contributed by atoms with Gasteiger partial charge < -0.3 is 9.80 Å². The molecule has 0 aliphatic carbocycles. The van der Waals surface area contributed by atoms with E-state index in [-0.39, 0.29) is 18.7 Å². The van der Waals surface area contributed by atoms with Crippen molar-refractivity contribution in [2.75, 3.05) is 55.6 Å². The molecule has 3 fully saturated rings. The van der Waals surface area contributed by atoms with Crippen molar-refractivity contribution in [3.8, 4) is 17.3 Å². The fourth-order valence-corrected chi connectivity index (χ4v) is 8.61. The second-order valence-corrected chi connectivity index (χ2v) is 15.5. The summed E-state index contributed by atoms with van der Waals surface area (Å²) in [5.74, 6) is -1.34. The third-order valence-electron chi connectivity index (χ3n) is 11.8. The Morgan fingerprint density at radius 1 is 0.818 bits per heavy atom. The molecule has 282 valence electrons. The van der Waals surface area contributed by atoms with Gasteiger partial charge in [0.05, 0.1) is 34.0 Å². The lowest BCUT2D eigenvalue weighted by Gasteiger charge is -2.40. The lowest BCUT2D eigenvalue weighted by atomic mass is 9.95. The Morgan fingerprint density at radius 3 is 2.20 bits per heavy atom. The summed E-state index contributed by atoms with van der Waals surface area (Å²) in [7, 11) is 0. The number of halogens is 1. The lowest BCUT2D eigenvalue weighted by Crippen LogP contribution is -2.54. The molecule has 3 aromatic carbocycles. The molecule has 12 nitrogen and oxygen atoms in total. The van der Waals surface area contributed by atoms with Crippen molar-refractivity contribution in [3.63, 3.8) is 0 Å². The van der Waals surface area contributed by atoms with Crippen LogP contribution in [-0.4, -0.2) is 95.1 Å². The molecule has 4 aromatic rings. The Balaban J connectivity index is 0.811. The van der Waals surface area contributed by atoms with Gasteiger partial charge in [-0.05, 0) is 92.6 Å². The predicted molar refractivity (Wildman–Crippen MR) is 209 cm³/mol. The van der Waals surface area contributed by atoms with Crippen LogP contribution in [0.5, 0.6) is 0 Å². The first kappa shape index (κ1) is 36.5. The van der Waals surface area contributed by atoms with E-state index in [1.165, 1.54) is 11.3 Å². The van der Waals surface area contributed by atoms with E-state index < -0.39 is 23.8 Å². The highest BCUT2D eigenvalue weighted by Crippen LogP contribution is 2.33. The minimum Gasteiger partial charge on any atom is -0.371 e. The van der Waals surface area contributed by atoms with Crippen molar-refractivity contribution >= 4 is 46.6 Å². The van der Waals surface area contributed by atoms with Crippen molar-refractivity contribution in [2.24, 2.45) is 5.92 Å². The number of benzene rings is 3. The van der Waals surface area contributed by atoms with E-state index in [0.717, 1.165) is 91.8 Å². The van der Waals surface area contributed by atoms with E-state index in [1.807, 2.05) is 22.9 Å². The molecule has 0 radical (unpaired) electrons. The molecule has 4 amide bonds. The summed E-state index contributed by atoms with van der Waals surface area (Å²) in [5.41, 5.74) is 8.38. The molecule has 55 heavy (non-hydrogen) atoms. The Kier molecular flexibility index (Phi) is 9.92. The molecule has 0 bridgehead atoms. The number of nitrogens with zero attached hydrogens (tertiary/aromatic N) is 7. The summed E-state index contributed by atoms with van der Waals surface area (Å²) in [6, 6.07) is 20.8. The van der Waals surface area contributed by atoms with Gasteiger partial charge in [0.25, 0.3) is 11.8 Å². The van der Waals surface area contributed by atoms with E-state index >= 15 is 0 Å². The van der Waals surface area contributed by atoms with Gasteiger partial charge in [-0.1, -0.05) is 29.8 Å². The highest BCUT2D eigenvalue weighted by molar-refractivity contribution is 6.32. The lowest BCUT2D eigenvalue weighted by molar-refractivity contribution is -0.136. The molecule has 4 aliphatic rings. The summed E-state index contributed by atoms with van der Waals surface area (Å²) in [5, 5.41) is 16.8. The SMILES string of the molecule is Cc1c(-c2ccc(C#N)c(Cl)c2)nn(Cc2ccc(N3CCN(CC4CCN(c5ccc6c(c5)C(=O)N(C5CCC(=O)NC5=O)C6=O)CC4)CC3)cc2)c1C.